The molecule has 1 aromatic heterocycles. The summed E-state index contributed by atoms with van der Waals surface area (Å²) in [6.45, 7) is 2.73. The molecule has 90 valence electrons. The monoisotopic (exact) mass is 250 g/mol. The van der Waals surface area contributed by atoms with Crippen LogP contribution in [0.2, 0.25) is 0 Å². The fourth-order valence-corrected chi connectivity index (χ4v) is 2.55. The zero-order valence-electron chi connectivity index (χ0n) is 9.69. The Bertz CT molecular complexity index is 478. The Labute approximate surface area is 104 Å². The molecule has 0 aliphatic rings. The van der Waals surface area contributed by atoms with Crippen LogP contribution in [0, 0.1) is 5.82 Å². The van der Waals surface area contributed by atoms with Gasteiger partial charge in [0.1, 0.15) is 5.82 Å². The van der Waals surface area contributed by atoms with Crippen LogP contribution in [-0.4, -0.2) is 11.5 Å². The van der Waals surface area contributed by atoms with Crippen molar-refractivity contribution >= 4 is 11.3 Å². The van der Waals surface area contributed by atoms with Crippen LogP contribution in [0.25, 0.3) is 0 Å². The molecule has 0 radical (unpaired) electrons. The molecule has 0 amide bonds. The number of nitrogens with zero attached hydrogens (tertiary/aromatic N) is 1. The SMILES string of the molecule is CC(CN)c1cnc(Cc2ccc(F)cc2)s1. The Morgan fingerprint density at radius 1 is 1.35 bits per heavy atom. The van der Waals surface area contributed by atoms with Crippen molar-refractivity contribution in [1.29, 1.82) is 0 Å². The maximum Gasteiger partial charge on any atom is 0.123 e. The predicted octanol–water partition coefficient (Wildman–Crippen LogP) is 2.94. The minimum Gasteiger partial charge on any atom is -0.330 e. The summed E-state index contributed by atoms with van der Waals surface area (Å²) in [6, 6.07) is 6.55. The van der Waals surface area contributed by atoms with Crippen molar-refractivity contribution in [3.8, 4) is 0 Å². The minimum atomic E-state index is -0.203. The average Bonchev–Trinajstić information content (AvgIpc) is 2.80. The number of aromatic nitrogens is 1. The molecule has 4 heteroatoms. The van der Waals surface area contributed by atoms with Gasteiger partial charge in [-0.15, -0.1) is 11.3 Å². The van der Waals surface area contributed by atoms with E-state index >= 15 is 0 Å². The Hall–Kier alpha value is -1.26. The maximum absolute atomic E-state index is 12.8. The summed E-state index contributed by atoms with van der Waals surface area (Å²) in [5.41, 5.74) is 6.70. The third-order valence-corrected chi connectivity index (χ3v) is 3.91. The molecule has 1 heterocycles. The maximum atomic E-state index is 12.8. The van der Waals surface area contributed by atoms with Crippen molar-refractivity contribution in [3.05, 3.63) is 51.7 Å². The van der Waals surface area contributed by atoms with Crippen molar-refractivity contribution in [3.63, 3.8) is 0 Å². The van der Waals surface area contributed by atoms with Crippen molar-refractivity contribution in [2.24, 2.45) is 5.73 Å². The predicted molar refractivity (Wildman–Crippen MR) is 68.8 cm³/mol. The molecule has 0 spiro atoms. The van der Waals surface area contributed by atoms with Crippen molar-refractivity contribution < 1.29 is 4.39 Å². The van der Waals surface area contributed by atoms with Gasteiger partial charge in [-0.25, -0.2) is 9.37 Å². The highest BCUT2D eigenvalue weighted by Crippen LogP contribution is 2.23. The highest BCUT2D eigenvalue weighted by Gasteiger charge is 2.08. The second-order valence-corrected chi connectivity index (χ2v) is 5.24. The molecule has 0 fully saturated rings. The van der Waals surface area contributed by atoms with E-state index in [9.17, 15) is 4.39 Å². The van der Waals surface area contributed by atoms with Gasteiger partial charge in [-0.2, -0.15) is 0 Å². The summed E-state index contributed by atoms with van der Waals surface area (Å²) in [6.07, 6.45) is 2.64. The molecule has 0 aliphatic heterocycles. The van der Waals surface area contributed by atoms with Crippen LogP contribution in [-0.2, 0) is 6.42 Å². The molecule has 0 bridgehead atoms. The normalized spacial score (nSPS) is 12.6. The van der Waals surface area contributed by atoms with Crippen molar-refractivity contribution in [1.82, 2.24) is 4.98 Å². The number of benzene rings is 1. The third-order valence-electron chi connectivity index (χ3n) is 2.68. The van der Waals surface area contributed by atoms with E-state index in [1.807, 2.05) is 6.20 Å². The molecule has 1 aromatic carbocycles. The van der Waals surface area contributed by atoms with E-state index < -0.39 is 0 Å². The first-order valence-corrected chi connectivity index (χ1v) is 6.40. The van der Waals surface area contributed by atoms with Crippen molar-refractivity contribution in [2.75, 3.05) is 6.54 Å². The number of hydrogen-bond acceptors (Lipinski definition) is 3. The molecular formula is C13H15FN2S. The van der Waals surface area contributed by atoms with E-state index in [4.69, 9.17) is 5.73 Å². The lowest BCUT2D eigenvalue weighted by molar-refractivity contribution is 0.627. The quantitative estimate of drug-likeness (QED) is 0.906. The molecule has 2 rings (SSSR count). The second-order valence-electron chi connectivity index (χ2n) is 4.10. The molecule has 2 aromatic rings. The number of rotatable bonds is 4. The topological polar surface area (TPSA) is 38.9 Å². The van der Waals surface area contributed by atoms with Crippen molar-refractivity contribution in [2.45, 2.75) is 19.3 Å². The van der Waals surface area contributed by atoms with Gasteiger partial charge >= 0.3 is 0 Å². The summed E-state index contributed by atoms with van der Waals surface area (Å²) in [7, 11) is 0. The Morgan fingerprint density at radius 2 is 2.06 bits per heavy atom. The first kappa shape index (κ1) is 12.2. The van der Waals surface area contributed by atoms with E-state index in [0.717, 1.165) is 17.0 Å². The fourth-order valence-electron chi connectivity index (χ4n) is 1.53. The van der Waals surface area contributed by atoms with Crippen LogP contribution < -0.4 is 5.73 Å². The smallest absolute Gasteiger partial charge is 0.123 e. The Balaban J connectivity index is 2.08. The van der Waals surface area contributed by atoms with Gasteiger partial charge in [-0.05, 0) is 24.2 Å². The summed E-state index contributed by atoms with van der Waals surface area (Å²) < 4.78 is 12.8. The summed E-state index contributed by atoms with van der Waals surface area (Å²) in [5.74, 6) is 0.153. The van der Waals surface area contributed by atoms with Gasteiger partial charge in [0.25, 0.3) is 0 Å². The van der Waals surface area contributed by atoms with E-state index in [2.05, 4.69) is 11.9 Å². The molecule has 0 aliphatic carbocycles. The average molecular weight is 250 g/mol. The first-order chi connectivity index (χ1) is 8.19. The van der Waals surface area contributed by atoms with Crippen LogP contribution >= 0.6 is 11.3 Å². The van der Waals surface area contributed by atoms with E-state index in [1.54, 1.807) is 23.5 Å². The summed E-state index contributed by atoms with van der Waals surface area (Å²) in [4.78, 5) is 5.58. The highest BCUT2D eigenvalue weighted by molar-refractivity contribution is 7.11. The summed E-state index contributed by atoms with van der Waals surface area (Å²) in [5, 5.41) is 1.05. The van der Waals surface area contributed by atoms with Gasteiger partial charge < -0.3 is 5.73 Å². The van der Waals surface area contributed by atoms with Crippen LogP contribution in [0.1, 0.15) is 28.3 Å². The van der Waals surface area contributed by atoms with Crippen LogP contribution in [0.15, 0.2) is 30.5 Å². The molecule has 1 atom stereocenters. The van der Waals surface area contributed by atoms with E-state index in [-0.39, 0.29) is 5.82 Å². The van der Waals surface area contributed by atoms with E-state index in [1.165, 1.54) is 17.0 Å². The first-order valence-electron chi connectivity index (χ1n) is 5.58. The minimum absolute atomic E-state index is 0.203. The molecular weight excluding hydrogens is 235 g/mol. The Morgan fingerprint density at radius 3 is 2.71 bits per heavy atom. The molecule has 17 heavy (non-hydrogen) atoms. The molecule has 0 saturated carbocycles. The Kier molecular flexibility index (Phi) is 3.86. The van der Waals surface area contributed by atoms with Gasteiger partial charge in [-0.3, -0.25) is 0 Å². The standard InChI is InChI=1S/C13H15FN2S/c1-9(7-15)12-8-16-13(17-12)6-10-2-4-11(14)5-3-10/h2-5,8-9H,6-7,15H2,1H3. The van der Waals surface area contributed by atoms with Gasteiger partial charge in [0.2, 0.25) is 0 Å². The molecule has 2 nitrogen and oxygen atoms in total. The lowest BCUT2D eigenvalue weighted by atomic mass is 10.1. The van der Waals surface area contributed by atoms with Crippen LogP contribution in [0.3, 0.4) is 0 Å². The van der Waals surface area contributed by atoms with Crippen LogP contribution in [0.5, 0.6) is 0 Å². The summed E-state index contributed by atoms with van der Waals surface area (Å²) >= 11 is 1.68. The van der Waals surface area contributed by atoms with Gasteiger partial charge in [0, 0.05) is 23.4 Å². The zero-order chi connectivity index (χ0) is 12.3. The number of thiazole rings is 1. The van der Waals surface area contributed by atoms with E-state index in [0.29, 0.717) is 12.5 Å². The lowest BCUT2D eigenvalue weighted by Crippen LogP contribution is -2.07. The van der Waals surface area contributed by atoms with Gasteiger partial charge in [-0.1, -0.05) is 19.1 Å². The second kappa shape index (κ2) is 5.38. The third kappa shape index (κ3) is 3.11. The molecule has 0 saturated heterocycles. The highest BCUT2D eigenvalue weighted by atomic mass is 32.1. The van der Waals surface area contributed by atoms with Crippen LogP contribution in [0.4, 0.5) is 4.39 Å². The number of halogens is 1. The largest absolute Gasteiger partial charge is 0.330 e. The fraction of sp³-hybridized carbons (Fsp3) is 0.308. The van der Waals surface area contributed by atoms with Gasteiger partial charge in [0.15, 0.2) is 0 Å². The number of hydrogen-bond donors (Lipinski definition) is 1. The van der Waals surface area contributed by atoms with Gasteiger partial charge in [0.05, 0.1) is 5.01 Å². The molecule has 1 unspecified atom stereocenters. The zero-order valence-corrected chi connectivity index (χ0v) is 10.5. The number of nitrogens with two attached hydrogens (primary N) is 1. The lowest BCUT2D eigenvalue weighted by Gasteiger charge is -2.02. The molecule has 2 N–H and O–H groups in total.